The number of carbonyl (C=O) groups excluding carboxylic acids is 1. The van der Waals surface area contributed by atoms with Gasteiger partial charge in [0.2, 0.25) is 0 Å². The first kappa shape index (κ1) is 12.0. The Balaban J connectivity index is 4.66. The van der Waals surface area contributed by atoms with Gasteiger partial charge in [0, 0.05) is 6.42 Å². The predicted octanol–water partition coefficient (Wildman–Crippen LogP) is -1.75. The number of hydrogen-bond acceptors (Lipinski definition) is 5. The van der Waals surface area contributed by atoms with Crippen molar-refractivity contribution in [2.24, 2.45) is 5.73 Å². The van der Waals surface area contributed by atoms with Crippen LogP contribution in [-0.4, -0.2) is 41.6 Å². The van der Waals surface area contributed by atoms with E-state index in [1.807, 2.05) is 0 Å². The molecule has 0 spiro atoms. The van der Waals surface area contributed by atoms with E-state index in [1.54, 1.807) is 0 Å². The predicted molar refractivity (Wildman–Crippen MR) is 41.7 cm³/mol. The quantitative estimate of drug-likeness (QED) is 0.458. The SMILES string of the molecule is NCC(=O)CC(C(=O)O)S(=O)(=O)O. The number of rotatable bonds is 5. The highest BCUT2D eigenvalue weighted by atomic mass is 32.2. The maximum absolute atomic E-state index is 10.6. The lowest BCUT2D eigenvalue weighted by atomic mass is 10.2. The van der Waals surface area contributed by atoms with Crippen LogP contribution in [0.4, 0.5) is 0 Å². The molecule has 0 amide bonds. The number of carboxylic acid groups (broad SMARTS) is 1. The van der Waals surface area contributed by atoms with E-state index in [0.717, 1.165) is 0 Å². The molecule has 76 valence electrons. The second kappa shape index (κ2) is 4.30. The van der Waals surface area contributed by atoms with Crippen molar-refractivity contribution in [3.8, 4) is 0 Å². The molecule has 0 aromatic heterocycles. The first-order valence-corrected chi connectivity index (χ1v) is 4.70. The van der Waals surface area contributed by atoms with Gasteiger partial charge in [-0.25, -0.2) is 0 Å². The van der Waals surface area contributed by atoms with Crippen LogP contribution < -0.4 is 5.73 Å². The van der Waals surface area contributed by atoms with Crippen molar-refractivity contribution >= 4 is 21.9 Å². The molecule has 0 rings (SSSR count). The molecule has 4 N–H and O–H groups in total. The lowest BCUT2D eigenvalue weighted by Gasteiger charge is -2.06. The summed E-state index contributed by atoms with van der Waals surface area (Å²) in [6.45, 7) is -0.459. The molecule has 0 aliphatic heterocycles. The Hall–Kier alpha value is -0.990. The molecule has 1 atom stereocenters. The Bertz CT molecular complexity index is 307. The van der Waals surface area contributed by atoms with Gasteiger partial charge in [-0.05, 0) is 0 Å². The highest BCUT2D eigenvalue weighted by Gasteiger charge is 2.32. The van der Waals surface area contributed by atoms with Crippen molar-refractivity contribution < 1.29 is 27.7 Å². The Kier molecular flexibility index (Phi) is 3.98. The van der Waals surface area contributed by atoms with E-state index in [0.29, 0.717) is 0 Å². The minimum absolute atomic E-state index is 0.459. The van der Waals surface area contributed by atoms with Crippen LogP contribution in [-0.2, 0) is 19.7 Å². The third-order valence-electron chi connectivity index (χ3n) is 1.28. The third-order valence-corrected chi connectivity index (χ3v) is 2.36. The number of carboxylic acids is 1. The third kappa shape index (κ3) is 3.97. The van der Waals surface area contributed by atoms with E-state index in [2.05, 4.69) is 0 Å². The monoisotopic (exact) mass is 211 g/mol. The molecule has 7 nitrogen and oxygen atoms in total. The highest BCUT2D eigenvalue weighted by Crippen LogP contribution is 2.04. The van der Waals surface area contributed by atoms with E-state index >= 15 is 0 Å². The topological polar surface area (TPSA) is 135 Å². The minimum Gasteiger partial charge on any atom is -0.480 e. The number of Topliss-reactive ketones (excluding diaryl/α,β-unsaturated/α-hetero) is 1. The summed E-state index contributed by atoms with van der Waals surface area (Å²) >= 11 is 0. The fourth-order valence-corrected chi connectivity index (χ4v) is 1.26. The maximum Gasteiger partial charge on any atom is 0.324 e. The van der Waals surface area contributed by atoms with Crippen LogP contribution in [0.15, 0.2) is 0 Å². The minimum atomic E-state index is -4.75. The Morgan fingerprint density at radius 3 is 2.08 bits per heavy atom. The van der Waals surface area contributed by atoms with Gasteiger partial charge < -0.3 is 10.8 Å². The van der Waals surface area contributed by atoms with Crippen LogP contribution in [0.5, 0.6) is 0 Å². The van der Waals surface area contributed by atoms with E-state index in [9.17, 15) is 18.0 Å². The van der Waals surface area contributed by atoms with E-state index in [1.165, 1.54) is 0 Å². The molecule has 8 heteroatoms. The van der Waals surface area contributed by atoms with Crippen LogP contribution in [0.25, 0.3) is 0 Å². The van der Waals surface area contributed by atoms with Crippen molar-refractivity contribution in [3.05, 3.63) is 0 Å². The van der Waals surface area contributed by atoms with E-state index in [4.69, 9.17) is 15.4 Å². The molecule has 0 radical (unpaired) electrons. The molecular formula is C5H9NO6S. The smallest absolute Gasteiger partial charge is 0.324 e. The second-order valence-electron chi connectivity index (χ2n) is 2.29. The molecule has 13 heavy (non-hydrogen) atoms. The first-order valence-electron chi connectivity index (χ1n) is 3.20. The summed E-state index contributed by atoms with van der Waals surface area (Å²) in [5, 5.41) is 6.20. The lowest BCUT2D eigenvalue weighted by molar-refractivity contribution is -0.138. The average Bonchev–Trinajstić information content (AvgIpc) is 1.96. The number of nitrogens with two attached hydrogens (primary N) is 1. The standard InChI is InChI=1S/C5H9NO6S/c6-2-3(7)1-4(5(8)9)13(10,11)12/h4H,1-2,6H2,(H,8,9)(H,10,11,12). The first-order chi connectivity index (χ1) is 5.79. The van der Waals surface area contributed by atoms with Gasteiger partial charge >= 0.3 is 5.97 Å². The Labute approximate surface area is 74.3 Å². The summed E-state index contributed by atoms with van der Waals surface area (Å²) < 4.78 is 29.2. The Morgan fingerprint density at radius 1 is 1.38 bits per heavy atom. The van der Waals surface area contributed by atoms with Crippen LogP contribution in [0, 0.1) is 0 Å². The van der Waals surface area contributed by atoms with E-state index in [-0.39, 0.29) is 0 Å². The van der Waals surface area contributed by atoms with Crippen molar-refractivity contribution in [1.29, 1.82) is 0 Å². The summed E-state index contributed by atoms with van der Waals surface area (Å²) in [6.07, 6.45) is -0.815. The number of aliphatic carboxylic acids is 1. The molecule has 0 bridgehead atoms. The fourth-order valence-electron chi connectivity index (χ4n) is 0.610. The van der Waals surface area contributed by atoms with Crippen LogP contribution in [0.3, 0.4) is 0 Å². The molecule has 0 saturated heterocycles. The van der Waals surface area contributed by atoms with Crippen molar-refractivity contribution in [1.82, 2.24) is 0 Å². The van der Waals surface area contributed by atoms with Gasteiger partial charge in [0.05, 0.1) is 6.54 Å². The molecule has 0 saturated carbocycles. The summed E-state index contributed by atoms with van der Waals surface area (Å²) in [7, 11) is -4.75. The van der Waals surface area contributed by atoms with Crippen molar-refractivity contribution in [2.75, 3.05) is 6.54 Å². The molecule has 0 aliphatic rings. The largest absolute Gasteiger partial charge is 0.480 e. The van der Waals surface area contributed by atoms with Gasteiger partial charge in [-0.2, -0.15) is 8.42 Å². The van der Waals surface area contributed by atoms with Gasteiger partial charge in [0.25, 0.3) is 10.1 Å². The normalized spacial score (nSPS) is 13.7. The second-order valence-corrected chi connectivity index (χ2v) is 3.89. The zero-order valence-electron chi connectivity index (χ0n) is 6.50. The molecular weight excluding hydrogens is 202 g/mol. The summed E-state index contributed by atoms with van der Waals surface area (Å²) in [5.74, 6) is -2.52. The fraction of sp³-hybridized carbons (Fsp3) is 0.600. The zero-order valence-corrected chi connectivity index (χ0v) is 7.32. The number of hydrogen-bond donors (Lipinski definition) is 3. The number of ketones is 1. The molecule has 0 fully saturated rings. The lowest BCUT2D eigenvalue weighted by Crippen LogP contribution is -2.33. The van der Waals surface area contributed by atoms with Gasteiger partial charge in [-0.1, -0.05) is 0 Å². The van der Waals surface area contributed by atoms with Gasteiger partial charge in [-0.15, -0.1) is 0 Å². The van der Waals surface area contributed by atoms with Crippen molar-refractivity contribution in [3.63, 3.8) is 0 Å². The molecule has 1 unspecified atom stereocenters. The Morgan fingerprint density at radius 2 is 1.85 bits per heavy atom. The number of carbonyl (C=O) groups is 2. The molecule has 0 aromatic rings. The van der Waals surface area contributed by atoms with Crippen molar-refractivity contribution in [2.45, 2.75) is 11.7 Å². The summed E-state index contributed by atoms with van der Waals surface area (Å²) in [4.78, 5) is 20.9. The van der Waals surface area contributed by atoms with Gasteiger partial charge in [-0.3, -0.25) is 14.1 Å². The van der Waals surface area contributed by atoms with E-state index < -0.39 is 40.1 Å². The average molecular weight is 211 g/mol. The summed E-state index contributed by atoms with van der Waals surface area (Å²) in [5.41, 5.74) is 4.84. The molecule has 0 heterocycles. The van der Waals surface area contributed by atoms with Crippen LogP contribution in [0.2, 0.25) is 0 Å². The van der Waals surface area contributed by atoms with Crippen LogP contribution in [0.1, 0.15) is 6.42 Å². The molecule has 0 aliphatic carbocycles. The highest BCUT2D eigenvalue weighted by molar-refractivity contribution is 7.87. The summed E-state index contributed by atoms with van der Waals surface area (Å²) in [6, 6.07) is 0. The van der Waals surface area contributed by atoms with Gasteiger partial charge in [0.15, 0.2) is 5.25 Å². The van der Waals surface area contributed by atoms with Gasteiger partial charge in [0.1, 0.15) is 5.78 Å². The zero-order chi connectivity index (χ0) is 10.6. The van der Waals surface area contributed by atoms with Crippen LogP contribution >= 0.6 is 0 Å². The molecule has 0 aromatic carbocycles. The maximum atomic E-state index is 10.6.